The summed E-state index contributed by atoms with van der Waals surface area (Å²) in [6.07, 6.45) is 6.86. The fraction of sp³-hybridized carbons (Fsp3) is 0.583. The van der Waals surface area contributed by atoms with Crippen LogP contribution in [0.5, 0.6) is 0 Å². The summed E-state index contributed by atoms with van der Waals surface area (Å²) in [6.45, 7) is 0.759. The van der Waals surface area contributed by atoms with Crippen LogP contribution in [0, 0.1) is 0 Å². The molecule has 0 aliphatic heterocycles. The van der Waals surface area contributed by atoms with E-state index >= 15 is 0 Å². The standard InChI is InChI=1S/C12H19NS2/c13-9-3-6-11(14)5-1-2-7-12-8-4-10-15-12/h4,8,10H,1-3,5-7,9,13H2. The number of hydrogen-bond acceptors (Lipinski definition) is 3. The minimum atomic E-state index is 0.759. The summed E-state index contributed by atoms with van der Waals surface area (Å²) in [4.78, 5) is 2.69. The molecule has 1 rings (SSSR count). The van der Waals surface area contributed by atoms with Crippen molar-refractivity contribution < 1.29 is 0 Å². The monoisotopic (exact) mass is 241 g/mol. The van der Waals surface area contributed by atoms with E-state index in [9.17, 15) is 0 Å². The van der Waals surface area contributed by atoms with Gasteiger partial charge in [0.2, 0.25) is 0 Å². The summed E-state index contributed by atoms with van der Waals surface area (Å²) in [5, 5.41) is 2.14. The fourth-order valence-electron chi connectivity index (χ4n) is 1.50. The Morgan fingerprint density at radius 1 is 1.27 bits per heavy atom. The van der Waals surface area contributed by atoms with Gasteiger partial charge in [-0.3, -0.25) is 0 Å². The van der Waals surface area contributed by atoms with Gasteiger partial charge in [0.15, 0.2) is 0 Å². The zero-order chi connectivity index (χ0) is 10.9. The first-order chi connectivity index (χ1) is 7.33. The molecule has 2 N–H and O–H groups in total. The number of hydrogen-bond donors (Lipinski definition) is 1. The van der Waals surface area contributed by atoms with Crippen molar-refractivity contribution in [1.82, 2.24) is 0 Å². The minimum absolute atomic E-state index is 0.759. The number of thiophene rings is 1. The van der Waals surface area contributed by atoms with Crippen molar-refractivity contribution in [2.24, 2.45) is 5.73 Å². The van der Waals surface area contributed by atoms with E-state index in [0.29, 0.717) is 0 Å². The molecule has 1 aromatic heterocycles. The second-order valence-electron chi connectivity index (χ2n) is 3.72. The topological polar surface area (TPSA) is 26.0 Å². The molecule has 0 amide bonds. The quantitative estimate of drug-likeness (QED) is 0.556. The van der Waals surface area contributed by atoms with Gasteiger partial charge < -0.3 is 5.73 Å². The Bertz CT molecular complexity index is 267. The Morgan fingerprint density at radius 3 is 2.73 bits per heavy atom. The second kappa shape index (κ2) is 7.97. The number of aryl methyl sites for hydroxylation is 1. The summed E-state index contributed by atoms with van der Waals surface area (Å²) in [5.41, 5.74) is 5.44. The van der Waals surface area contributed by atoms with Gasteiger partial charge >= 0.3 is 0 Å². The van der Waals surface area contributed by atoms with Gasteiger partial charge in [0.1, 0.15) is 0 Å². The minimum Gasteiger partial charge on any atom is -0.330 e. The third-order valence-electron chi connectivity index (χ3n) is 2.37. The molecule has 0 saturated heterocycles. The Balaban J connectivity index is 1.99. The molecule has 1 heterocycles. The third kappa shape index (κ3) is 6.03. The van der Waals surface area contributed by atoms with Gasteiger partial charge in [0.25, 0.3) is 0 Å². The maximum absolute atomic E-state index is 5.44. The molecular weight excluding hydrogens is 222 g/mol. The molecule has 0 spiro atoms. The molecule has 0 unspecified atom stereocenters. The maximum atomic E-state index is 5.44. The van der Waals surface area contributed by atoms with E-state index in [-0.39, 0.29) is 0 Å². The maximum Gasteiger partial charge on any atom is 0.00452 e. The van der Waals surface area contributed by atoms with Crippen LogP contribution in [0.2, 0.25) is 0 Å². The first-order valence-corrected chi connectivity index (χ1v) is 6.86. The van der Waals surface area contributed by atoms with Gasteiger partial charge in [-0.1, -0.05) is 18.3 Å². The van der Waals surface area contributed by atoms with Crippen molar-refractivity contribution in [2.45, 2.75) is 38.5 Å². The van der Waals surface area contributed by atoms with Crippen molar-refractivity contribution in [3.63, 3.8) is 0 Å². The van der Waals surface area contributed by atoms with Gasteiger partial charge in [-0.25, -0.2) is 0 Å². The smallest absolute Gasteiger partial charge is 0.00452 e. The highest BCUT2D eigenvalue weighted by Crippen LogP contribution is 2.13. The first-order valence-electron chi connectivity index (χ1n) is 5.57. The highest BCUT2D eigenvalue weighted by atomic mass is 32.1. The average molecular weight is 241 g/mol. The van der Waals surface area contributed by atoms with Crippen molar-refractivity contribution in [1.29, 1.82) is 0 Å². The Morgan fingerprint density at radius 2 is 2.07 bits per heavy atom. The molecule has 0 saturated carbocycles. The predicted octanol–water partition coefficient (Wildman–Crippen LogP) is 3.57. The largest absolute Gasteiger partial charge is 0.330 e. The normalized spacial score (nSPS) is 10.5. The summed E-state index contributed by atoms with van der Waals surface area (Å²) in [5.74, 6) is 0. The molecule has 1 aromatic rings. The van der Waals surface area contributed by atoms with Crippen LogP contribution in [-0.2, 0) is 6.42 Å². The summed E-state index contributed by atoms with van der Waals surface area (Å²) < 4.78 is 0. The van der Waals surface area contributed by atoms with Crippen LogP contribution < -0.4 is 5.73 Å². The molecule has 1 nitrogen and oxygen atoms in total. The van der Waals surface area contributed by atoms with Crippen LogP contribution >= 0.6 is 23.6 Å². The van der Waals surface area contributed by atoms with Crippen LogP contribution in [0.3, 0.4) is 0 Å². The summed E-state index contributed by atoms with van der Waals surface area (Å²) >= 11 is 7.13. The van der Waals surface area contributed by atoms with E-state index in [1.165, 1.54) is 29.0 Å². The zero-order valence-corrected chi connectivity index (χ0v) is 10.7. The molecule has 0 radical (unpaired) electrons. The Kier molecular flexibility index (Phi) is 6.81. The second-order valence-corrected chi connectivity index (χ2v) is 5.33. The van der Waals surface area contributed by atoms with Gasteiger partial charge in [0.05, 0.1) is 0 Å². The van der Waals surface area contributed by atoms with E-state index in [2.05, 4.69) is 17.5 Å². The molecule has 3 heteroatoms. The SMILES string of the molecule is NCCCC(=S)CCCCc1cccs1. The third-order valence-corrected chi connectivity index (χ3v) is 3.71. The lowest BCUT2D eigenvalue weighted by Crippen LogP contribution is -2.02. The number of rotatable bonds is 8. The van der Waals surface area contributed by atoms with Crippen LogP contribution in [0.1, 0.15) is 37.0 Å². The van der Waals surface area contributed by atoms with E-state index in [4.69, 9.17) is 18.0 Å². The number of unbranched alkanes of at least 4 members (excludes halogenated alkanes) is 1. The van der Waals surface area contributed by atoms with Crippen molar-refractivity contribution in [3.8, 4) is 0 Å². The van der Waals surface area contributed by atoms with Crippen LogP contribution in [0.25, 0.3) is 0 Å². The molecule has 0 aromatic carbocycles. The molecule has 0 bridgehead atoms. The van der Waals surface area contributed by atoms with Crippen molar-refractivity contribution in [2.75, 3.05) is 6.54 Å². The average Bonchev–Trinajstić information content (AvgIpc) is 2.74. The van der Waals surface area contributed by atoms with Gasteiger partial charge in [0, 0.05) is 4.88 Å². The van der Waals surface area contributed by atoms with Gasteiger partial charge in [-0.05, 0) is 61.4 Å². The molecule has 15 heavy (non-hydrogen) atoms. The fourth-order valence-corrected chi connectivity index (χ4v) is 2.54. The highest BCUT2D eigenvalue weighted by Gasteiger charge is 1.98. The lowest BCUT2D eigenvalue weighted by atomic mass is 10.1. The lowest BCUT2D eigenvalue weighted by Gasteiger charge is -2.02. The van der Waals surface area contributed by atoms with Crippen LogP contribution in [0.4, 0.5) is 0 Å². The highest BCUT2D eigenvalue weighted by molar-refractivity contribution is 7.80. The lowest BCUT2D eigenvalue weighted by molar-refractivity contribution is 0.760. The summed E-state index contributed by atoms with van der Waals surface area (Å²) in [7, 11) is 0. The number of thiocarbonyl (C=S) groups is 1. The van der Waals surface area contributed by atoms with Gasteiger partial charge in [-0.15, -0.1) is 11.3 Å². The zero-order valence-electron chi connectivity index (χ0n) is 9.08. The molecule has 84 valence electrons. The summed E-state index contributed by atoms with van der Waals surface area (Å²) in [6, 6.07) is 4.32. The van der Waals surface area contributed by atoms with Crippen molar-refractivity contribution in [3.05, 3.63) is 22.4 Å². The van der Waals surface area contributed by atoms with E-state index in [1.807, 2.05) is 11.3 Å². The Hall–Kier alpha value is -0.250. The van der Waals surface area contributed by atoms with E-state index in [0.717, 1.165) is 25.8 Å². The van der Waals surface area contributed by atoms with E-state index < -0.39 is 0 Å². The first kappa shape index (κ1) is 12.8. The van der Waals surface area contributed by atoms with Crippen LogP contribution in [-0.4, -0.2) is 11.4 Å². The van der Waals surface area contributed by atoms with E-state index in [1.54, 1.807) is 0 Å². The molecular formula is C12H19NS2. The molecule has 0 aliphatic rings. The van der Waals surface area contributed by atoms with Crippen LogP contribution in [0.15, 0.2) is 17.5 Å². The Labute approximate surface area is 102 Å². The molecule has 0 atom stereocenters. The van der Waals surface area contributed by atoms with Gasteiger partial charge in [-0.2, -0.15) is 0 Å². The predicted molar refractivity (Wildman–Crippen MR) is 72.8 cm³/mol. The molecule has 0 fully saturated rings. The molecule has 0 aliphatic carbocycles. The van der Waals surface area contributed by atoms with Crippen molar-refractivity contribution >= 4 is 28.4 Å². The number of nitrogens with two attached hydrogens (primary N) is 1.